The second-order valence-electron chi connectivity index (χ2n) is 6.59. The molecule has 0 saturated heterocycles. The number of nitrogens with zero attached hydrogens (tertiary/aromatic N) is 1. The Kier molecular flexibility index (Phi) is 3.64. The van der Waals surface area contributed by atoms with E-state index >= 15 is 0 Å². The lowest BCUT2D eigenvalue weighted by molar-refractivity contribution is 0.419. The fourth-order valence-corrected chi connectivity index (χ4v) is 3.75. The molecule has 138 valence electrons. The molecule has 0 radical (unpaired) electrons. The molecule has 2 aromatic carbocycles. The van der Waals surface area contributed by atoms with E-state index in [-0.39, 0.29) is 22.6 Å². The summed E-state index contributed by atoms with van der Waals surface area (Å²) in [7, 11) is 0. The summed E-state index contributed by atoms with van der Waals surface area (Å²) >= 11 is 6.03. The van der Waals surface area contributed by atoms with E-state index in [1.54, 1.807) is 49.4 Å². The topological polar surface area (TPSA) is 85.2 Å². The number of fused-ring (bicyclic) bond motifs is 4. The lowest BCUT2D eigenvalue weighted by Gasteiger charge is -2.26. The summed E-state index contributed by atoms with van der Waals surface area (Å²) in [5.74, 6) is 0.282. The molecule has 6 nitrogen and oxygen atoms in total. The van der Waals surface area contributed by atoms with Gasteiger partial charge in [-0.15, -0.1) is 0 Å². The van der Waals surface area contributed by atoms with Gasteiger partial charge in [-0.05, 0) is 36.8 Å². The standard InChI is InChI=1S/C21H13ClN2O4/c1-10-23-19(25)17-15(11-6-8-12(22)9-7-11)16-18(28-20(17)24-10)13-4-2-3-5-14(13)27-21(16)26/h2-9,15H,1H3,(H,23,24,25)/t15-/m1/s1. The summed E-state index contributed by atoms with van der Waals surface area (Å²) in [6.45, 7) is 1.68. The smallest absolute Gasteiger partial charge is 0.344 e. The lowest BCUT2D eigenvalue weighted by atomic mass is 9.84. The number of ether oxygens (including phenoxy) is 1. The average molecular weight is 393 g/mol. The molecule has 7 heteroatoms. The largest absolute Gasteiger partial charge is 0.437 e. The van der Waals surface area contributed by atoms with Gasteiger partial charge in [-0.2, -0.15) is 4.98 Å². The van der Waals surface area contributed by atoms with Gasteiger partial charge in [0.2, 0.25) is 5.88 Å². The lowest BCUT2D eigenvalue weighted by Crippen LogP contribution is -2.28. The van der Waals surface area contributed by atoms with Crippen LogP contribution in [0.15, 0.2) is 62.5 Å². The van der Waals surface area contributed by atoms with Crippen LogP contribution in [0, 0.1) is 6.92 Å². The van der Waals surface area contributed by atoms with Crippen LogP contribution in [-0.4, -0.2) is 9.97 Å². The number of H-pyrrole nitrogens is 1. The first kappa shape index (κ1) is 16.8. The van der Waals surface area contributed by atoms with E-state index in [4.69, 9.17) is 20.8 Å². The Morgan fingerprint density at radius 1 is 1.04 bits per heavy atom. The highest BCUT2D eigenvalue weighted by Crippen LogP contribution is 2.46. The molecule has 0 amide bonds. The number of aromatic nitrogens is 2. The summed E-state index contributed by atoms with van der Waals surface area (Å²) in [5, 5.41) is 1.19. The summed E-state index contributed by atoms with van der Waals surface area (Å²) in [5.41, 5.74) is 0.743. The van der Waals surface area contributed by atoms with E-state index in [2.05, 4.69) is 9.97 Å². The van der Waals surface area contributed by atoms with Crippen molar-refractivity contribution in [3.05, 3.63) is 96.8 Å². The molecule has 4 aromatic rings. The fourth-order valence-electron chi connectivity index (χ4n) is 3.63. The van der Waals surface area contributed by atoms with Crippen molar-refractivity contribution in [1.29, 1.82) is 0 Å². The predicted octanol–water partition coefficient (Wildman–Crippen LogP) is 4.12. The van der Waals surface area contributed by atoms with E-state index in [0.29, 0.717) is 33.1 Å². The summed E-state index contributed by atoms with van der Waals surface area (Å²) in [4.78, 5) is 32.8. The van der Waals surface area contributed by atoms with Gasteiger partial charge in [0.25, 0.3) is 5.56 Å². The highest BCUT2D eigenvalue weighted by atomic mass is 35.5. The van der Waals surface area contributed by atoms with Gasteiger partial charge in [0.15, 0.2) is 5.75 Å². The zero-order valence-corrected chi connectivity index (χ0v) is 15.4. The Labute approximate surface area is 163 Å². The summed E-state index contributed by atoms with van der Waals surface area (Å²) < 4.78 is 11.5. The summed E-state index contributed by atoms with van der Waals surface area (Å²) in [6.07, 6.45) is 0. The van der Waals surface area contributed by atoms with E-state index in [1.807, 2.05) is 6.07 Å². The van der Waals surface area contributed by atoms with Crippen molar-refractivity contribution in [2.45, 2.75) is 12.8 Å². The molecule has 0 bridgehead atoms. The van der Waals surface area contributed by atoms with Crippen LogP contribution in [0.3, 0.4) is 0 Å². The number of rotatable bonds is 1. The van der Waals surface area contributed by atoms with Crippen molar-refractivity contribution in [2.24, 2.45) is 0 Å². The van der Waals surface area contributed by atoms with Gasteiger partial charge in [-0.3, -0.25) is 4.79 Å². The quantitative estimate of drug-likeness (QED) is 0.434. The highest BCUT2D eigenvalue weighted by Gasteiger charge is 2.37. The van der Waals surface area contributed by atoms with E-state index < -0.39 is 11.5 Å². The molecule has 0 unspecified atom stereocenters. The third-order valence-corrected chi connectivity index (χ3v) is 5.07. The Bertz CT molecular complexity index is 1360. The van der Waals surface area contributed by atoms with Crippen LogP contribution in [0.1, 0.15) is 28.4 Å². The van der Waals surface area contributed by atoms with Gasteiger partial charge in [0.05, 0.1) is 22.4 Å². The maximum Gasteiger partial charge on any atom is 0.344 e. The summed E-state index contributed by atoms with van der Waals surface area (Å²) in [6, 6.07) is 14.1. The number of benzene rings is 2. The first-order valence-electron chi connectivity index (χ1n) is 8.63. The van der Waals surface area contributed by atoms with Crippen molar-refractivity contribution >= 4 is 22.6 Å². The van der Waals surface area contributed by atoms with E-state index in [9.17, 15) is 9.59 Å². The van der Waals surface area contributed by atoms with Crippen molar-refractivity contribution < 1.29 is 9.15 Å². The average Bonchev–Trinajstić information content (AvgIpc) is 2.67. The molecular weight excluding hydrogens is 380 g/mol. The third-order valence-electron chi connectivity index (χ3n) is 4.82. The molecule has 1 atom stereocenters. The molecule has 0 fully saturated rings. The molecule has 0 saturated carbocycles. The van der Waals surface area contributed by atoms with Crippen molar-refractivity contribution in [3.8, 4) is 11.6 Å². The van der Waals surface area contributed by atoms with Crippen LogP contribution in [0.2, 0.25) is 5.02 Å². The molecule has 3 heterocycles. The van der Waals surface area contributed by atoms with Gasteiger partial charge in [0.1, 0.15) is 11.4 Å². The molecule has 28 heavy (non-hydrogen) atoms. The normalized spacial score (nSPS) is 15.0. The zero-order chi connectivity index (χ0) is 19.4. The minimum absolute atomic E-state index is 0.185. The fraction of sp³-hybridized carbons (Fsp3) is 0.0952. The van der Waals surface area contributed by atoms with Crippen molar-refractivity contribution in [1.82, 2.24) is 9.97 Å². The number of nitrogens with one attached hydrogen (secondary N) is 1. The van der Waals surface area contributed by atoms with Crippen LogP contribution in [-0.2, 0) is 0 Å². The molecule has 5 rings (SSSR count). The van der Waals surface area contributed by atoms with E-state index in [0.717, 1.165) is 0 Å². The molecule has 1 aliphatic heterocycles. The first-order chi connectivity index (χ1) is 13.5. The molecule has 0 spiro atoms. The molecule has 2 aromatic heterocycles. The van der Waals surface area contributed by atoms with Crippen LogP contribution < -0.4 is 15.9 Å². The van der Waals surface area contributed by atoms with E-state index in [1.165, 1.54) is 0 Å². The Morgan fingerprint density at radius 3 is 2.57 bits per heavy atom. The molecule has 1 N–H and O–H groups in total. The second kappa shape index (κ2) is 6.07. The third kappa shape index (κ3) is 2.46. The minimum atomic E-state index is -0.686. The number of halogens is 1. The number of aromatic amines is 1. The Morgan fingerprint density at radius 2 is 1.79 bits per heavy atom. The molecular formula is C21H13ClN2O4. The molecule has 0 aliphatic carbocycles. The van der Waals surface area contributed by atoms with Gasteiger partial charge in [0, 0.05) is 5.02 Å². The first-order valence-corrected chi connectivity index (χ1v) is 9.00. The van der Waals surface area contributed by atoms with Crippen LogP contribution in [0.5, 0.6) is 11.6 Å². The maximum atomic E-state index is 12.9. The number of aryl methyl sites for hydroxylation is 1. The SMILES string of the molecule is Cc1nc2c(c(=O)[nH]1)[C@H](c1ccc(Cl)cc1)c1c(c3ccccc3oc1=O)O2. The van der Waals surface area contributed by atoms with Crippen molar-refractivity contribution in [3.63, 3.8) is 0 Å². The van der Waals surface area contributed by atoms with Crippen LogP contribution >= 0.6 is 11.6 Å². The number of para-hydroxylation sites is 1. The predicted molar refractivity (Wildman–Crippen MR) is 105 cm³/mol. The zero-order valence-electron chi connectivity index (χ0n) is 14.7. The maximum absolute atomic E-state index is 12.9. The molecule has 1 aliphatic rings. The van der Waals surface area contributed by atoms with Gasteiger partial charge in [-0.25, -0.2) is 4.79 Å². The Balaban J connectivity index is 1.91. The van der Waals surface area contributed by atoms with Gasteiger partial charge < -0.3 is 14.1 Å². The van der Waals surface area contributed by atoms with Gasteiger partial charge >= 0.3 is 5.63 Å². The Hall–Kier alpha value is -3.38. The monoisotopic (exact) mass is 392 g/mol. The second-order valence-corrected chi connectivity index (χ2v) is 7.02. The van der Waals surface area contributed by atoms with Gasteiger partial charge in [-0.1, -0.05) is 35.9 Å². The van der Waals surface area contributed by atoms with Crippen LogP contribution in [0.25, 0.3) is 11.0 Å². The highest BCUT2D eigenvalue weighted by molar-refractivity contribution is 6.30. The van der Waals surface area contributed by atoms with Crippen LogP contribution in [0.4, 0.5) is 0 Å². The number of hydrogen-bond acceptors (Lipinski definition) is 5. The number of hydrogen-bond donors (Lipinski definition) is 1. The van der Waals surface area contributed by atoms with Crippen molar-refractivity contribution in [2.75, 3.05) is 0 Å². The minimum Gasteiger partial charge on any atom is -0.437 e.